The average molecular weight is 364 g/mol. The number of aliphatic hydroxyl groups is 1. The van der Waals surface area contributed by atoms with Crippen LogP contribution >= 0.6 is 0 Å². The highest BCUT2D eigenvalue weighted by atomic mass is 16.3. The fraction of sp³-hybridized carbons (Fsp3) is 0.273. The third-order valence-electron chi connectivity index (χ3n) is 3.93. The first kappa shape index (κ1) is 20.2. The maximum Gasteiger partial charge on any atom is 0.253 e. The zero-order valence-corrected chi connectivity index (χ0v) is 15.6. The monoisotopic (exact) mass is 364 g/mol. The summed E-state index contributed by atoms with van der Waals surface area (Å²) < 4.78 is 0. The SMILES string of the molecule is CCCN(C)C(=O)CC(O)C(=O)Nc1ccc(C#Cc2ccccc2)cc1. The smallest absolute Gasteiger partial charge is 0.253 e. The van der Waals surface area contributed by atoms with E-state index in [-0.39, 0.29) is 12.3 Å². The second kappa shape index (κ2) is 10.1. The molecule has 0 heterocycles. The van der Waals surface area contributed by atoms with Gasteiger partial charge in [-0.05, 0) is 42.8 Å². The number of carbonyl (C=O) groups is 2. The lowest BCUT2D eigenvalue weighted by atomic mass is 10.1. The molecule has 0 aliphatic rings. The Morgan fingerprint density at radius 1 is 1.04 bits per heavy atom. The first-order chi connectivity index (χ1) is 13.0. The Balaban J connectivity index is 1.91. The summed E-state index contributed by atoms with van der Waals surface area (Å²) in [5.41, 5.74) is 2.28. The van der Waals surface area contributed by atoms with Gasteiger partial charge in [0.25, 0.3) is 5.91 Å². The van der Waals surface area contributed by atoms with Crippen LogP contribution in [0.4, 0.5) is 5.69 Å². The fourth-order valence-corrected chi connectivity index (χ4v) is 2.40. The van der Waals surface area contributed by atoms with Crippen molar-refractivity contribution in [2.45, 2.75) is 25.9 Å². The fourth-order valence-electron chi connectivity index (χ4n) is 2.40. The van der Waals surface area contributed by atoms with Gasteiger partial charge in [-0.3, -0.25) is 9.59 Å². The van der Waals surface area contributed by atoms with Crippen molar-refractivity contribution >= 4 is 17.5 Å². The van der Waals surface area contributed by atoms with Gasteiger partial charge in [0, 0.05) is 30.4 Å². The number of nitrogens with zero attached hydrogens (tertiary/aromatic N) is 1. The largest absolute Gasteiger partial charge is 0.383 e. The van der Waals surface area contributed by atoms with Gasteiger partial charge < -0.3 is 15.3 Å². The van der Waals surface area contributed by atoms with Gasteiger partial charge in [0.2, 0.25) is 5.91 Å². The minimum absolute atomic E-state index is 0.233. The third kappa shape index (κ3) is 6.61. The molecule has 0 aliphatic heterocycles. The van der Waals surface area contributed by atoms with Crippen LogP contribution in [0, 0.1) is 11.8 Å². The predicted molar refractivity (Wildman–Crippen MR) is 106 cm³/mol. The molecule has 27 heavy (non-hydrogen) atoms. The molecule has 2 N–H and O–H groups in total. The van der Waals surface area contributed by atoms with Gasteiger partial charge in [0.15, 0.2) is 0 Å². The zero-order chi connectivity index (χ0) is 19.6. The lowest BCUT2D eigenvalue weighted by Gasteiger charge is -2.18. The molecule has 2 amide bonds. The van der Waals surface area contributed by atoms with E-state index in [0.717, 1.165) is 17.5 Å². The molecule has 2 rings (SSSR count). The predicted octanol–water partition coefficient (Wildman–Crippen LogP) is 2.64. The van der Waals surface area contributed by atoms with Crippen LogP contribution in [-0.4, -0.2) is 41.5 Å². The molecule has 0 spiro atoms. The van der Waals surface area contributed by atoms with E-state index in [1.807, 2.05) is 37.3 Å². The van der Waals surface area contributed by atoms with Crippen LogP contribution in [0.25, 0.3) is 0 Å². The Bertz CT molecular complexity index is 820. The summed E-state index contributed by atoms with van der Waals surface area (Å²) in [6, 6.07) is 16.7. The van der Waals surface area contributed by atoms with E-state index < -0.39 is 12.0 Å². The van der Waals surface area contributed by atoms with Crippen LogP contribution in [-0.2, 0) is 9.59 Å². The van der Waals surface area contributed by atoms with Crippen molar-refractivity contribution < 1.29 is 14.7 Å². The number of amides is 2. The highest BCUT2D eigenvalue weighted by Gasteiger charge is 2.21. The minimum Gasteiger partial charge on any atom is -0.383 e. The third-order valence-corrected chi connectivity index (χ3v) is 3.93. The van der Waals surface area contributed by atoms with Crippen molar-refractivity contribution in [1.29, 1.82) is 0 Å². The number of rotatable bonds is 6. The summed E-state index contributed by atoms with van der Waals surface area (Å²) in [7, 11) is 1.66. The van der Waals surface area contributed by atoms with Crippen molar-refractivity contribution in [2.75, 3.05) is 18.9 Å². The second-order valence-corrected chi connectivity index (χ2v) is 6.22. The summed E-state index contributed by atoms with van der Waals surface area (Å²) in [5, 5.41) is 12.6. The molecule has 2 aromatic carbocycles. The van der Waals surface area contributed by atoms with Crippen LogP contribution in [0.2, 0.25) is 0 Å². The molecule has 0 saturated carbocycles. The van der Waals surface area contributed by atoms with E-state index in [4.69, 9.17) is 0 Å². The summed E-state index contributed by atoms with van der Waals surface area (Å²) in [6.45, 7) is 2.56. The molecule has 5 nitrogen and oxygen atoms in total. The Morgan fingerprint density at radius 3 is 2.22 bits per heavy atom. The van der Waals surface area contributed by atoms with Crippen LogP contribution in [0.3, 0.4) is 0 Å². The highest BCUT2D eigenvalue weighted by Crippen LogP contribution is 2.10. The molecular weight excluding hydrogens is 340 g/mol. The van der Waals surface area contributed by atoms with E-state index in [1.54, 1.807) is 31.3 Å². The normalized spacial score (nSPS) is 11.1. The second-order valence-electron chi connectivity index (χ2n) is 6.22. The van der Waals surface area contributed by atoms with Gasteiger partial charge in [-0.25, -0.2) is 0 Å². The zero-order valence-electron chi connectivity index (χ0n) is 15.6. The van der Waals surface area contributed by atoms with E-state index in [0.29, 0.717) is 12.2 Å². The van der Waals surface area contributed by atoms with Crippen LogP contribution < -0.4 is 5.32 Å². The highest BCUT2D eigenvalue weighted by molar-refractivity contribution is 5.96. The molecule has 1 unspecified atom stereocenters. The standard InChI is InChI=1S/C22H24N2O3/c1-3-15-24(2)21(26)16-20(25)22(27)23-19-13-11-18(12-14-19)10-9-17-7-5-4-6-8-17/h4-8,11-14,20,25H,3,15-16H2,1-2H3,(H,23,27). The molecule has 140 valence electrons. The van der Waals surface area contributed by atoms with E-state index in [2.05, 4.69) is 17.2 Å². The topological polar surface area (TPSA) is 69.6 Å². The molecule has 0 saturated heterocycles. The molecule has 0 aliphatic carbocycles. The Hall–Kier alpha value is -3.10. The summed E-state index contributed by atoms with van der Waals surface area (Å²) in [5.74, 6) is 5.26. The molecule has 0 radical (unpaired) electrons. The maximum absolute atomic E-state index is 12.1. The van der Waals surface area contributed by atoms with Gasteiger partial charge in [0.1, 0.15) is 6.10 Å². The number of carbonyl (C=O) groups excluding carboxylic acids is 2. The van der Waals surface area contributed by atoms with Crippen molar-refractivity contribution in [1.82, 2.24) is 4.90 Å². The van der Waals surface area contributed by atoms with Gasteiger partial charge in [-0.2, -0.15) is 0 Å². The van der Waals surface area contributed by atoms with E-state index in [9.17, 15) is 14.7 Å². The molecule has 0 aromatic heterocycles. The lowest BCUT2D eigenvalue weighted by Crippen LogP contribution is -2.35. The Morgan fingerprint density at radius 2 is 1.63 bits per heavy atom. The number of nitrogens with one attached hydrogen (secondary N) is 1. The summed E-state index contributed by atoms with van der Waals surface area (Å²) in [4.78, 5) is 25.5. The number of hydrogen-bond acceptors (Lipinski definition) is 3. The number of aliphatic hydroxyl groups excluding tert-OH is 1. The number of anilines is 1. The lowest BCUT2D eigenvalue weighted by molar-refractivity contribution is -0.136. The van der Waals surface area contributed by atoms with Gasteiger partial charge in [-0.1, -0.05) is 37.0 Å². The Kier molecular flexibility index (Phi) is 7.60. The minimum atomic E-state index is -1.38. The van der Waals surface area contributed by atoms with Crippen molar-refractivity contribution in [2.24, 2.45) is 0 Å². The van der Waals surface area contributed by atoms with E-state index >= 15 is 0 Å². The van der Waals surface area contributed by atoms with Gasteiger partial charge in [0.05, 0.1) is 6.42 Å². The van der Waals surface area contributed by atoms with Crippen molar-refractivity contribution in [3.8, 4) is 11.8 Å². The van der Waals surface area contributed by atoms with Crippen LogP contribution in [0.15, 0.2) is 54.6 Å². The average Bonchev–Trinajstić information content (AvgIpc) is 2.68. The first-order valence-corrected chi connectivity index (χ1v) is 8.89. The van der Waals surface area contributed by atoms with Crippen LogP contribution in [0.5, 0.6) is 0 Å². The molecule has 0 fully saturated rings. The first-order valence-electron chi connectivity index (χ1n) is 8.89. The quantitative estimate of drug-likeness (QED) is 0.774. The van der Waals surface area contributed by atoms with E-state index in [1.165, 1.54) is 4.90 Å². The Labute approximate surface area is 160 Å². The number of hydrogen-bond donors (Lipinski definition) is 2. The van der Waals surface area contributed by atoms with Gasteiger partial charge >= 0.3 is 0 Å². The number of benzene rings is 2. The molecule has 2 aromatic rings. The summed E-state index contributed by atoms with van der Waals surface area (Å²) in [6.07, 6.45) is -0.790. The molecule has 0 bridgehead atoms. The van der Waals surface area contributed by atoms with Crippen molar-refractivity contribution in [3.05, 3.63) is 65.7 Å². The van der Waals surface area contributed by atoms with Crippen molar-refractivity contribution in [3.63, 3.8) is 0 Å². The summed E-state index contributed by atoms with van der Waals surface area (Å²) >= 11 is 0. The molecular formula is C22H24N2O3. The van der Waals surface area contributed by atoms with Gasteiger partial charge in [-0.15, -0.1) is 0 Å². The van der Waals surface area contributed by atoms with Crippen LogP contribution in [0.1, 0.15) is 30.9 Å². The molecule has 5 heteroatoms. The molecule has 1 atom stereocenters. The maximum atomic E-state index is 12.1.